The van der Waals surface area contributed by atoms with Crippen LogP contribution in [0.3, 0.4) is 0 Å². The molecule has 12 nitrogen and oxygen atoms in total. The molecule has 43 heavy (non-hydrogen) atoms. The summed E-state index contributed by atoms with van der Waals surface area (Å²) in [7, 11) is -1.95. The van der Waals surface area contributed by atoms with Gasteiger partial charge in [0.25, 0.3) is 16.0 Å². The Hall–Kier alpha value is -4.27. The number of aliphatic hydroxyl groups is 1. The summed E-state index contributed by atoms with van der Waals surface area (Å²) in [5.74, 6) is -0.868. The smallest absolute Gasteiger partial charge is 0.289 e. The van der Waals surface area contributed by atoms with Crippen LogP contribution in [0.4, 0.5) is 17.3 Å². The lowest BCUT2D eigenvalue weighted by molar-refractivity contribution is 0.102. The Morgan fingerprint density at radius 1 is 1.00 bits per heavy atom. The van der Waals surface area contributed by atoms with Gasteiger partial charge in [-0.2, -0.15) is 8.42 Å². The Balaban J connectivity index is 0.000000641. The van der Waals surface area contributed by atoms with Gasteiger partial charge in [0.15, 0.2) is 5.94 Å². The van der Waals surface area contributed by atoms with Crippen molar-refractivity contribution in [3.63, 3.8) is 0 Å². The molecule has 0 aliphatic carbocycles. The average Bonchev–Trinajstić information content (AvgIpc) is 3.01. The summed E-state index contributed by atoms with van der Waals surface area (Å²) in [5.41, 5.74) is 6.08. The molecule has 0 unspecified atom stereocenters. The predicted octanol–water partition coefficient (Wildman–Crippen LogP) is 3.41. The molecule has 1 aliphatic rings. The number of carbonyl (C=O) groups excluding carboxylic acids is 1. The number of hydrogen-bond donors (Lipinski definition) is 4. The molecule has 2 aromatic heterocycles. The fourth-order valence-electron chi connectivity index (χ4n) is 4.28. The molecule has 4 aromatic rings. The number of nitrogens with one attached hydrogen (secondary N) is 2. The molecule has 3 heterocycles. The summed E-state index contributed by atoms with van der Waals surface area (Å²) >= 11 is 0. The predicted molar refractivity (Wildman–Crippen MR) is 166 cm³/mol. The Morgan fingerprint density at radius 2 is 1.72 bits per heavy atom. The second-order valence-corrected chi connectivity index (χ2v) is 11.5. The summed E-state index contributed by atoms with van der Waals surface area (Å²) in [5, 5.41) is 13.9. The van der Waals surface area contributed by atoms with Crippen LogP contribution in [0.25, 0.3) is 11.3 Å². The number of amides is 1. The van der Waals surface area contributed by atoms with E-state index in [-0.39, 0.29) is 5.91 Å². The van der Waals surface area contributed by atoms with E-state index >= 15 is 0 Å². The number of hydrogen-bond acceptors (Lipinski definition) is 10. The minimum Gasteiger partial charge on any atom is -0.378 e. The van der Waals surface area contributed by atoms with Crippen LogP contribution in [0.15, 0.2) is 79.3 Å². The first-order chi connectivity index (χ1) is 20.6. The molecule has 0 saturated carbocycles. The highest BCUT2D eigenvalue weighted by molar-refractivity contribution is 7.85. The van der Waals surface area contributed by atoms with Crippen molar-refractivity contribution < 1.29 is 22.9 Å². The van der Waals surface area contributed by atoms with E-state index in [0.29, 0.717) is 17.2 Å². The second-order valence-electron chi connectivity index (χ2n) is 10.1. The maximum Gasteiger partial charge on any atom is 0.289 e. The van der Waals surface area contributed by atoms with E-state index in [9.17, 15) is 13.2 Å². The number of benzene rings is 2. The number of rotatable bonds is 8. The normalized spacial score (nSPS) is 14.0. The first-order valence-electron chi connectivity index (χ1n) is 13.6. The number of aromatic nitrogens is 3. The van der Waals surface area contributed by atoms with Gasteiger partial charge in [-0.25, -0.2) is 9.97 Å². The van der Waals surface area contributed by atoms with E-state index in [2.05, 4.69) is 42.4 Å². The number of pyridine rings is 1. The van der Waals surface area contributed by atoms with Crippen LogP contribution in [0, 0.1) is 6.92 Å². The van der Waals surface area contributed by atoms with Crippen molar-refractivity contribution in [3.8, 4) is 11.3 Å². The maximum absolute atomic E-state index is 12.9. The maximum atomic E-state index is 12.9. The van der Waals surface area contributed by atoms with Crippen LogP contribution >= 0.6 is 0 Å². The molecule has 2 aromatic carbocycles. The van der Waals surface area contributed by atoms with Gasteiger partial charge in [-0.05, 0) is 67.6 Å². The zero-order chi connectivity index (χ0) is 30.8. The summed E-state index contributed by atoms with van der Waals surface area (Å²) in [6, 6.07) is 19.3. The fraction of sp³-hybridized carbons (Fsp3) is 0.267. The zero-order valence-corrected chi connectivity index (χ0v) is 24.8. The van der Waals surface area contributed by atoms with Gasteiger partial charge in [0.05, 0.1) is 5.69 Å². The Morgan fingerprint density at radius 3 is 2.37 bits per heavy atom. The Kier molecular flexibility index (Phi) is 10.9. The molecule has 1 amide bonds. The van der Waals surface area contributed by atoms with Gasteiger partial charge in [-0.3, -0.25) is 19.2 Å². The second kappa shape index (κ2) is 14.8. The molecule has 0 atom stereocenters. The summed E-state index contributed by atoms with van der Waals surface area (Å²) in [6.45, 7) is 7.24. The van der Waals surface area contributed by atoms with Crippen molar-refractivity contribution >= 4 is 33.3 Å². The van der Waals surface area contributed by atoms with Gasteiger partial charge in [0.2, 0.25) is 5.95 Å². The van der Waals surface area contributed by atoms with Crippen LogP contribution in [0.1, 0.15) is 21.5 Å². The van der Waals surface area contributed by atoms with E-state index < -0.39 is 16.1 Å². The van der Waals surface area contributed by atoms with Crippen molar-refractivity contribution in [1.82, 2.24) is 24.8 Å². The monoisotopic (exact) mass is 605 g/mol. The van der Waals surface area contributed by atoms with E-state index in [0.717, 1.165) is 55.2 Å². The largest absolute Gasteiger partial charge is 0.378 e. The number of aryl methyl sites for hydroxylation is 1. The Bertz CT molecular complexity index is 1610. The molecule has 1 saturated heterocycles. The molecule has 0 spiro atoms. The molecule has 0 bridgehead atoms. The standard InChI is InChI=1S/C29H31N7O.CH4O4S/c1-21-5-10-25(18-27(21)34-29-31-13-11-26(33-29)24-4-3-12-30-19-24)32-28(37)23-8-6-22(7-9-23)20-36-16-14-35(2)15-17-36;2-1-6(3,4)5/h3-13,18-19H,14-17,20H2,1-2H3,(H,32,37)(H,31,33,34);2H,1H2,(H,3,4,5). The molecule has 4 N–H and O–H groups in total. The third-order valence-electron chi connectivity index (χ3n) is 6.74. The van der Waals surface area contributed by atoms with Gasteiger partial charge in [-0.1, -0.05) is 18.2 Å². The average molecular weight is 606 g/mol. The van der Waals surface area contributed by atoms with E-state index in [4.69, 9.17) is 9.66 Å². The van der Waals surface area contributed by atoms with Crippen molar-refractivity contribution in [2.45, 2.75) is 13.5 Å². The number of piperazine rings is 1. The highest BCUT2D eigenvalue weighted by atomic mass is 32.2. The molecular formula is C30H35N7O5S. The van der Waals surface area contributed by atoms with E-state index in [1.165, 1.54) is 5.56 Å². The highest BCUT2D eigenvalue weighted by Crippen LogP contribution is 2.24. The van der Waals surface area contributed by atoms with Gasteiger partial charge < -0.3 is 20.6 Å². The van der Waals surface area contributed by atoms with Gasteiger partial charge in [0, 0.05) is 73.8 Å². The van der Waals surface area contributed by atoms with Gasteiger partial charge in [-0.15, -0.1) is 0 Å². The van der Waals surface area contributed by atoms with Crippen LogP contribution in [-0.4, -0.2) is 87.9 Å². The minimum absolute atomic E-state index is 0.143. The third kappa shape index (κ3) is 9.91. The minimum atomic E-state index is -4.11. The quantitative estimate of drug-likeness (QED) is 0.218. The van der Waals surface area contributed by atoms with Crippen LogP contribution in [0.5, 0.6) is 0 Å². The van der Waals surface area contributed by atoms with Gasteiger partial charge >= 0.3 is 0 Å². The zero-order valence-electron chi connectivity index (χ0n) is 24.0. The first kappa shape index (κ1) is 31.7. The highest BCUT2D eigenvalue weighted by Gasteiger charge is 2.14. The number of anilines is 3. The summed E-state index contributed by atoms with van der Waals surface area (Å²) in [6.07, 6.45) is 5.22. The lowest BCUT2D eigenvalue weighted by atomic mass is 10.1. The van der Waals surface area contributed by atoms with Crippen LogP contribution in [0.2, 0.25) is 0 Å². The molecule has 13 heteroatoms. The van der Waals surface area contributed by atoms with Crippen LogP contribution < -0.4 is 10.6 Å². The molecule has 226 valence electrons. The third-order valence-corrected chi connectivity index (χ3v) is 7.06. The summed E-state index contributed by atoms with van der Waals surface area (Å²) < 4.78 is 26.2. The number of aliphatic hydroxyl groups excluding tert-OH is 1. The molecule has 1 fully saturated rings. The molecular weight excluding hydrogens is 570 g/mol. The summed E-state index contributed by atoms with van der Waals surface area (Å²) in [4.78, 5) is 30.9. The van der Waals surface area contributed by atoms with Crippen molar-refractivity contribution in [3.05, 3.63) is 95.9 Å². The molecule has 1 aliphatic heterocycles. The van der Waals surface area contributed by atoms with E-state index in [1.54, 1.807) is 18.6 Å². The van der Waals surface area contributed by atoms with E-state index in [1.807, 2.05) is 67.6 Å². The lowest BCUT2D eigenvalue weighted by Crippen LogP contribution is -2.43. The SMILES string of the molecule is Cc1ccc(NC(=O)c2ccc(CN3CCN(C)CC3)cc2)cc1Nc1nccc(-c2cccnc2)n1.O=S(=O)(O)CO. The van der Waals surface area contributed by atoms with Gasteiger partial charge in [0.1, 0.15) is 0 Å². The molecule has 0 radical (unpaired) electrons. The fourth-order valence-corrected chi connectivity index (χ4v) is 4.28. The van der Waals surface area contributed by atoms with Crippen LogP contribution in [-0.2, 0) is 16.7 Å². The Labute approximate surface area is 251 Å². The van der Waals surface area contributed by atoms with Crippen molar-refractivity contribution in [2.24, 2.45) is 0 Å². The first-order valence-corrected chi connectivity index (χ1v) is 15.2. The number of carbonyl (C=O) groups is 1. The van der Waals surface area contributed by atoms with Crippen molar-refractivity contribution in [1.29, 1.82) is 0 Å². The number of likely N-dealkylation sites (N-methyl/N-ethyl adjacent to an activating group) is 1. The lowest BCUT2D eigenvalue weighted by Gasteiger charge is -2.32. The van der Waals surface area contributed by atoms with Crippen molar-refractivity contribution in [2.75, 3.05) is 49.8 Å². The number of nitrogens with zero attached hydrogens (tertiary/aromatic N) is 5. The molecule has 5 rings (SSSR count). The topological polar surface area (TPSA) is 161 Å².